The van der Waals surface area contributed by atoms with Crippen LogP contribution in [0, 0.1) is 17.1 Å². The number of ether oxygens (including phenoxy) is 1. The highest BCUT2D eigenvalue weighted by Gasteiger charge is 2.63. The summed E-state index contributed by atoms with van der Waals surface area (Å²) in [6.45, 7) is 0. The van der Waals surface area contributed by atoms with Crippen LogP contribution >= 0.6 is 26.5 Å². The third-order valence-electron chi connectivity index (χ3n) is 3.94. The molecule has 1 heterocycles. The van der Waals surface area contributed by atoms with E-state index < -0.39 is 44.4 Å². The molecule has 3 N–H and O–H groups in total. The first kappa shape index (κ1) is 19.9. The lowest BCUT2D eigenvalue weighted by atomic mass is 9.95. The maximum Gasteiger partial charge on any atom is 0.423 e. The normalized spacial score (nSPS) is 22.0. The first-order valence-corrected chi connectivity index (χ1v) is 9.66. The van der Waals surface area contributed by atoms with Crippen LogP contribution < -0.4 is 4.74 Å². The summed E-state index contributed by atoms with van der Waals surface area (Å²) in [5.41, 5.74) is -4.34. The number of hydrogen-bond acceptors (Lipinski definition) is 5. The highest BCUT2D eigenvalue weighted by Crippen LogP contribution is 2.66. The Morgan fingerprint density at radius 3 is 2.48 bits per heavy atom. The minimum Gasteiger partial charge on any atom is -0.456 e. The molecule has 5 nitrogen and oxygen atoms in total. The van der Waals surface area contributed by atoms with Crippen molar-refractivity contribution in [3.8, 4) is 17.6 Å². The molecule has 27 heavy (non-hydrogen) atoms. The van der Waals surface area contributed by atoms with Crippen LogP contribution in [-0.2, 0) is 5.60 Å². The number of nitriles is 1. The fraction of sp³-hybridized carbons (Fsp3) is 0.188. The lowest BCUT2D eigenvalue weighted by molar-refractivity contribution is -0.256. The summed E-state index contributed by atoms with van der Waals surface area (Å²) in [7, 11) is -3.88. The molecule has 144 valence electrons. The van der Waals surface area contributed by atoms with Gasteiger partial charge in [0.2, 0.25) is 5.60 Å². The van der Waals surface area contributed by atoms with Crippen LogP contribution in [0.25, 0.3) is 0 Å². The van der Waals surface area contributed by atoms with E-state index in [2.05, 4.69) is 15.9 Å². The maximum atomic E-state index is 13.5. The fourth-order valence-electron chi connectivity index (χ4n) is 2.75. The number of nitrogens with zero attached hydrogens (tertiary/aromatic N) is 1. The van der Waals surface area contributed by atoms with Gasteiger partial charge in [0.1, 0.15) is 17.3 Å². The largest absolute Gasteiger partial charge is 0.456 e. The zero-order valence-corrected chi connectivity index (χ0v) is 15.5. The molecule has 3 rings (SSSR count). The number of fused-ring (bicyclic) bond motifs is 1. The van der Waals surface area contributed by atoms with Gasteiger partial charge in [-0.1, -0.05) is 0 Å². The van der Waals surface area contributed by atoms with Gasteiger partial charge < -0.3 is 9.84 Å². The van der Waals surface area contributed by atoms with Crippen LogP contribution in [-0.4, -0.2) is 26.1 Å². The van der Waals surface area contributed by atoms with Gasteiger partial charge in [0, 0.05) is 11.6 Å². The maximum absolute atomic E-state index is 13.5. The lowest BCUT2D eigenvalue weighted by Crippen LogP contribution is -2.43. The molecular formula is C16H10BrF4NO4S. The second-order valence-corrected chi connectivity index (χ2v) is 8.66. The number of rotatable bonds is 2. The molecule has 0 spiro atoms. The van der Waals surface area contributed by atoms with Gasteiger partial charge >= 0.3 is 6.18 Å². The van der Waals surface area contributed by atoms with E-state index in [1.54, 1.807) is 6.07 Å². The second-order valence-electron chi connectivity index (χ2n) is 5.81. The van der Waals surface area contributed by atoms with Crippen LogP contribution in [0.4, 0.5) is 17.6 Å². The topological polar surface area (TPSA) is 93.7 Å². The molecule has 0 radical (unpaired) electrons. The Hall–Kier alpha value is -1.84. The zero-order chi connectivity index (χ0) is 20.2. The lowest BCUT2D eigenvalue weighted by Gasteiger charge is -2.31. The van der Waals surface area contributed by atoms with Gasteiger partial charge in [-0.2, -0.15) is 29.0 Å². The Kier molecular flexibility index (Phi) is 4.69. The van der Waals surface area contributed by atoms with E-state index in [-0.39, 0.29) is 21.5 Å². The smallest absolute Gasteiger partial charge is 0.423 e. The molecule has 0 amide bonds. The molecule has 11 heteroatoms. The van der Waals surface area contributed by atoms with Crippen LogP contribution in [0.2, 0.25) is 0 Å². The molecule has 0 saturated carbocycles. The predicted molar refractivity (Wildman–Crippen MR) is 91.3 cm³/mol. The van der Waals surface area contributed by atoms with Crippen molar-refractivity contribution in [1.82, 2.24) is 0 Å². The van der Waals surface area contributed by atoms with Crippen molar-refractivity contribution in [2.45, 2.75) is 16.7 Å². The van der Waals surface area contributed by atoms with Crippen LogP contribution in [0.1, 0.15) is 11.1 Å². The van der Waals surface area contributed by atoms with Crippen LogP contribution in [0.3, 0.4) is 0 Å². The molecule has 1 atom stereocenters. The highest BCUT2D eigenvalue weighted by molar-refractivity contribution is 9.10. The van der Waals surface area contributed by atoms with Crippen molar-refractivity contribution < 1.29 is 36.5 Å². The van der Waals surface area contributed by atoms with Crippen molar-refractivity contribution in [3.05, 3.63) is 51.7 Å². The molecular weight excluding hydrogens is 458 g/mol. The minimum atomic E-state index is -5.18. The van der Waals surface area contributed by atoms with Crippen molar-refractivity contribution in [2.24, 2.45) is 0 Å². The predicted octanol–water partition coefficient (Wildman–Crippen LogP) is 5.13. The van der Waals surface area contributed by atoms with E-state index in [9.17, 15) is 31.8 Å². The number of hydrogen-bond donors (Lipinski definition) is 3. The average molecular weight is 468 g/mol. The Labute approximate surface area is 160 Å². The zero-order valence-electron chi connectivity index (χ0n) is 13.1. The van der Waals surface area contributed by atoms with Crippen LogP contribution in [0.5, 0.6) is 11.5 Å². The molecule has 2 aromatic rings. The van der Waals surface area contributed by atoms with E-state index >= 15 is 0 Å². The average Bonchev–Trinajstić information content (AvgIpc) is 2.76. The molecule has 0 fully saturated rings. The van der Waals surface area contributed by atoms with Gasteiger partial charge in [-0.15, -0.1) is 0 Å². The third-order valence-corrected chi connectivity index (χ3v) is 6.59. The summed E-state index contributed by atoms with van der Waals surface area (Å²) in [6, 6.07) is 6.90. The fourth-order valence-corrected chi connectivity index (χ4v) is 5.57. The van der Waals surface area contributed by atoms with E-state index in [4.69, 9.17) is 10.00 Å². The van der Waals surface area contributed by atoms with E-state index in [1.165, 1.54) is 6.07 Å². The minimum absolute atomic E-state index is 0.0664. The number of aliphatic hydroxyl groups is 1. The summed E-state index contributed by atoms with van der Waals surface area (Å²) in [4.78, 5) is -0.460. The summed E-state index contributed by atoms with van der Waals surface area (Å²) >= 11 is 2.91. The number of benzene rings is 2. The van der Waals surface area contributed by atoms with E-state index in [0.717, 1.165) is 24.3 Å². The summed E-state index contributed by atoms with van der Waals surface area (Å²) in [5, 5.41) is 19.1. The van der Waals surface area contributed by atoms with Crippen molar-refractivity contribution in [3.63, 3.8) is 0 Å². The number of alkyl halides is 3. The van der Waals surface area contributed by atoms with Crippen molar-refractivity contribution >= 4 is 26.5 Å². The van der Waals surface area contributed by atoms with Gasteiger partial charge in [-0.25, -0.2) is 4.39 Å². The molecule has 0 aromatic heterocycles. The molecule has 1 aliphatic rings. The van der Waals surface area contributed by atoms with Gasteiger partial charge in [-0.3, -0.25) is 9.11 Å². The quantitative estimate of drug-likeness (QED) is 0.532. The molecule has 0 saturated heterocycles. The molecule has 0 bridgehead atoms. The molecule has 2 aromatic carbocycles. The van der Waals surface area contributed by atoms with Crippen molar-refractivity contribution in [2.75, 3.05) is 5.75 Å². The van der Waals surface area contributed by atoms with E-state index in [0.29, 0.717) is 0 Å². The first-order valence-electron chi connectivity index (χ1n) is 7.15. The standard InChI is InChI=1S/C16H10BrF4NO4S/c17-14-11(26-10-4-8(6-22)3-9(18)5-10)1-2-12-13(14)15(23,16(19,20)21)7-27(12,24)25/h1-5,23-25H,7H2. The Balaban J connectivity index is 2.14. The molecule has 1 unspecified atom stereocenters. The molecule has 1 aliphatic heterocycles. The highest BCUT2D eigenvalue weighted by atomic mass is 79.9. The van der Waals surface area contributed by atoms with Gasteiger partial charge in [0.15, 0.2) is 0 Å². The monoisotopic (exact) mass is 467 g/mol. The summed E-state index contributed by atoms with van der Waals surface area (Å²) in [5.74, 6) is -2.52. The third kappa shape index (κ3) is 3.28. The van der Waals surface area contributed by atoms with Gasteiger partial charge in [0.05, 0.1) is 26.8 Å². The van der Waals surface area contributed by atoms with Gasteiger partial charge in [0.25, 0.3) is 0 Å². The molecule has 0 aliphatic carbocycles. The first-order chi connectivity index (χ1) is 12.4. The summed E-state index contributed by atoms with van der Waals surface area (Å²) < 4.78 is 78.9. The van der Waals surface area contributed by atoms with Gasteiger partial charge in [-0.05, 0) is 40.2 Å². The Morgan fingerprint density at radius 2 is 1.89 bits per heavy atom. The second kappa shape index (κ2) is 6.35. The van der Waals surface area contributed by atoms with Crippen LogP contribution in [0.15, 0.2) is 39.7 Å². The summed E-state index contributed by atoms with van der Waals surface area (Å²) in [6.07, 6.45) is -5.18. The SMILES string of the molecule is N#Cc1cc(F)cc(Oc2ccc3c(c2Br)C(O)(C(F)(F)F)CS3(O)O)c1. The Morgan fingerprint density at radius 1 is 1.22 bits per heavy atom. The van der Waals surface area contributed by atoms with Crippen molar-refractivity contribution in [1.29, 1.82) is 5.26 Å². The Bertz CT molecular complexity index is 976. The number of halogens is 5. The van der Waals surface area contributed by atoms with E-state index in [1.807, 2.05) is 0 Å².